The average molecular weight is 246 g/mol. The molecule has 1 aliphatic carbocycles. The number of hydrogen-bond acceptors (Lipinski definition) is 2. The summed E-state index contributed by atoms with van der Waals surface area (Å²) in [7, 11) is 0. The van der Waals surface area contributed by atoms with Gasteiger partial charge in [-0.15, -0.1) is 0 Å². The van der Waals surface area contributed by atoms with Gasteiger partial charge in [0.25, 0.3) is 0 Å². The lowest BCUT2D eigenvalue weighted by molar-refractivity contribution is -0.145. The van der Waals surface area contributed by atoms with Gasteiger partial charge in [-0.05, 0) is 24.8 Å². The smallest absolute Gasteiger partial charge is 0.313 e. The van der Waals surface area contributed by atoms with Gasteiger partial charge in [-0.25, -0.2) is 0 Å². The molecule has 2 rings (SSSR count). The Morgan fingerprint density at radius 3 is 2.56 bits per heavy atom. The maximum absolute atomic E-state index is 12.1. The summed E-state index contributed by atoms with van der Waals surface area (Å²) in [4.78, 5) is 12.1. The van der Waals surface area contributed by atoms with E-state index in [0.29, 0.717) is 12.5 Å². The molecule has 18 heavy (non-hydrogen) atoms. The number of rotatable bonds is 5. The van der Waals surface area contributed by atoms with Crippen molar-refractivity contribution in [3.63, 3.8) is 0 Å². The van der Waals surface area contributed by atoms with Crippen LogP contribution in [-0.4, -0.2) is 12.6 Å². The number of hydrogen-bond donors (Lipinski definition) is 0. The van der Waals surface area contributed by atoms with E-state index in [1.165, 1.54) is 25.7 Å². The fourth-order valence-electron chi connectivity index (χ4n) is 2.88. The molecule has 0 bridgehead atoms. The quantitative estimate of drug-likeness (QED) is 0.736. The number of carbonyl (C=O) groups is 1. The van der Waals surface area contributed by atoms with Crippen LogP contribution in [0.2, 0.25) is 0 Å². The fourth-order valence-corrected chi connectivity index (χ4v) is 2.88. The largest absolute Gasteiger partial charge is 0.466 e. The van der Waals surface area contributed by atoms with Gasteiger partial charge in [0.2, 0.25) is 0 Å². The second-order valence-electron chi connectivity index (χ2n) is 5.10. The van der Waals surface area contributed by atoms with E-state index in [1.54, 1.807) is 0 Å². The molecule has 0 heterocycles. The topological polar surface area (TPSA) is 26.3 Å². The molecule has 1 aromatic rings. The molecule has 1 aliphatic rings. The summed E-state index contributed by atoms with van der Waals surface area (Å²) in [6.07, 6.45) is 6.11. The lowest BCUT2D eigenvalue weighted by Gasteiger charge is -2.19. The average Bonchev–Trinajstić information content (AvgIpc) is 2.90. The van der Waals surface area contributed by atoms with Crippen LogP contribution in [0, 0.1) is 5.92 Å². The first-order chi connectivity index (χ1) is 8.81. The van der Waals surface area contributed by atoms with Gasteiger partial charge in [0.1, 0.15) is 0 Å². The van der Waals surface area contributed by atoms with Crippen LogP contribution in [0.25, 0.3) is 0 Å². The van der Waals surface area contributed by atoms with E-state index in [1.807, 2.05) is 37.3 Å². The fraction of sp³-hybridized carbons (Fsp3) is 0.562. The Morgan fingerprint density at radius 2 is 1.94 bits per heavy atom. The highest BCUT2D eigenvalue weighted by molar-refractivity contribution is 5.78. The summed E-state index contributed by atoms with van der Waals surface area (Å²) in [5.74, 6) is 0.560. The van der Waals surface area contributed by atoms with Crippen LogP contribution in [-0.2, 0) is 9.53 Å². The molecule has 1 fully saturated rings. The van der Waals surface area contributed by atoms with E-state index < -0.39 is 0 Å². The standard InChI is InChI=1S/C16H22O2/c1-2-18-16(17)15(12-13-8-6-7-9-13)14-10-4-3-5-11-14/h3-5,10-11,13,15H,2,6-9,12H2,1H3/t15-/m0/s1. The Bertz CT molecular complexity index is 366. The molecular weight excluding hydrogens is 224 g/mol. The highest BCUT2D eigenvalue weighted by Gasteiger charge is 2.27. The van der Waals surface area contributed by atoms with Crippen LogP contribution in [0.3, 0.4) is 0 Å². The second kappa shape index (κ2) is 6.58. The van der Waals surface area contributed by atoms with E-state index in [0.717, 1.165) is 12.0 Å². The van der Waals surface area contributed by atoms with Crippen LogP contribution in [0.1, 0.15) is 50.5 Å². The normalized spacial score (nSPS) is 17.6. The molecule has 0 unspecified atom stereocenters. The summed E-state index contributed by atoms with van der Waals surface area (Å²) in [5.41, 5.74) is 1.10. The van der Waals surface area contributed by atoms with Crippen molar-refractivity contribution in [2.45, 2.75) is 44.9 Å². The van der Waals surface area contributed by atoms with E-state index in [-0.39, 0.29) is 11.9 Å². The Hall–Kier alpha value is -1.31. The van der Waals surface area contributed by atoms with Crippen molar-refractivity contribution in [2.75, 3.05) is 6.61 Å². The van der Waals surface area contributed by atoms with E-state index in [2.05, 4.69) is 0 Å². The third-order valence-electron chi connectivity index (χ3n) is 3.82. The highest BCUT2D eigenvalue weighted by atomic mass is 16.5. The molecule has 1 atom stereocenters. The number of esters is 1. The Balaban J connectivity index is 2.09. The third kappa shape index (κ3) is 3.34. The van der Waals surface area contributed by atoms with Crippen LogP contribution in [0.5, 0.6) is 0 Å². The van der Waals surface area contributed by atoms with Crippen molar-refractivity contribution in [2.24, 2.45) is 5.92 Å². The zero-order valence-electron chi connectivity index (χ0n) is 11.1. The van der Waals surface area contributed by atoms with Crippen molar-refractivity contribution >= 4 is 5.97 Å². The zero-order valence-corrected chi connectivity index (χ0v) is 11.1. The van der Waals surface area contributed by atoms with Crippen molar-refractivity contribution in [3.8, 4) is 0 Å². The summed E-state index contributed by atoms with van der Waals surface area (Å²) < 4.78 is 5.23. The van der Waals surface area contributed by atoms with Crippen molar-refractivity contribution in [3.05, 3.63) is 35.9 Å². The van der Waals surface area contributed by atoms with Gasteiger partial charge in [0.05, 0.1) is 12.5 Å². The maximum Gasteiger partial charge on any atom is 0.313 e. The molecule has 0 amide bonds. The second-order valence-corrected chi connectivity index (χ2v) is 5.10. The summed E-state index contributed by atoms with van der Waals surface area (Å²) in [6.45, 7) is 2.34. The molecular formula is C16H22O2. The van der Waals surface area contributed by atoms with Crippen LogP contribution < -0.4 is 0 Å². The minimum Gasteiger partial charge on any atom is -0.466 e. The van der Waals surface area contributed by atoms with E-state index >= 15 is 0 Å². The molecule has 0 spiro atoms. The predicted octanol–water partition coefficient (Wildman–Crippen LogP) is 3.91. The lowest BCUT2D eigenvalue weighted by Crippen LogP contribution is -2.18. The van der Waals surface area contributed by atoms with E-state index in [4.69, 9.17) is 4.74 Å². The van der Waals surface area contributed by atoms with Gasteiger partial charge >= 0.3 is 5.97 Å². The highest BCUT2D eigenvalue weighted by Crippen LogP contribution is 2.34. The molecule has 0 radical (unpaired) electrons. The van der Waals surface area contributed by atoms with E-state index in [9.17, 15) is 4.79 Å². The van der Waals surface area contributed by atoms with Crippen molar-refractivity contribution < 1.29 is 9.53 Å². The molecule has 1 aromatic carbocycles. The molecule has 0 saturated heterocycles. The molecule has 98 valence electrons. The van der Waals surface area contributed by atoms with Gasteiger partial charge < -0.3 is 4.74 Å². The molecule has 2 heteroatoms. The monoisotopic (exact) mass is 246 g/mol. The molecule has 1 saturated carbocycles. The first-order valence-corrected chi connectivity index (χ1v) is 7.03. The summed E-state index contributed by atoms with van der Waals surface area (Å²) in [5, 5.41) is 0. The third-order valence-corrected chi connectivity index (χ3v) is 3.82. The van der Waals surface area contributed by atoms with Gasteiger partial charge in [0, 0.05) is 0 Å². The Labute approximate surface area is 109 Å². The minimum absolute atomic E-state index is 0.0596. The SMILES string of the molecule is CCOC(=O)[C@@H](CC1CCCC1)c1ccccc1. The molecule has 0 aliphatic heterocycles. The van der Waals surface area contributed by atoms with Crippen molar-refractivity contribution in [1.29, 1.82) is 0 Å². The summed E-state index contributed by atoms with van der Waals surface area (Å²) in [6, 6.07) is 10.1. The van der Waals surface area contributed by atoms with Crippen molar-refractivity contribution in [1.82, 2.24) is 0 Å². The van der Waals surface area contributed by atoms with Crippen LogP contribution in [0.4, 0.5) is 0 Å². The Kier molecular flexibility index (Phi) is 4.80. The number of benzene rings is 1. The lowest BCUT2D eigenvalue weighted by atomic mass is 9.88. The molecule has 0 N–H and O–H groups in total. The Morgan fingerprint density at radius 1 is 1.28 bits per heavy atom. The van der Waals surface area contributed by atoms with Gasteiger partial charge in [-0.1, -0.05) is 56.0 Å². The van der Waals surface area contributed by atoms with Gasteiger partial charge in [-0.2, -0.15) is 0 Å². The van der Waals surface area contributed by atoms with Gasteiger partial charge in [-0.3, -0.25) is 4.79 Å². The molecule has 0 aromatic heterocycles. The van der Waals surface area contributed by atoms with Gasteiger partial charge in [0.15, 0.2) is 0 Å². The number of ether oxygens (including phenoxy) is 1. The van der Waals surface area contributed by atoms with Crippen LogP contribution >= 0.6 is 0 Å². The summed E-state index contributed by atoms with van der Waals surface area (Å²) >= 11 is 0. The van der Waals surface area contributed by atoms with Crippen LogP contribution in [0.15, 0.2) is 30.3 Å². The predicted molar refractivity (Wildman–Crippen MR) is 72.4 cm³/mol. The first-order valence-electron chi connectivity index (χ1n) is 7.03. The zero-order chi connectivity index (χ0) is 12.8. The molecule has 2 nitrogen and oxygen atoms in total. The number of carbonyl (C=O) groups excluding carboxylic acids is 1. The minimum atomic E-state index is -0.0748. The first kappa shape index (κ1) is 13.1. The maximum atomic E-state index is 12.1.